The smallest absolute Gasteiger partial charge is 0.462 e. The molecule has 18 heavy (non-hydrogen) atoms. The lowest BCUT2D eigenvalue weighted by molar-refractivity contribution is -0.276. The molecule has 0 unspecified atom stereocenters. The molecule has 1 rings (SSSR count). The maximum atomic E-state index is 12.1. The molecule has 0 aromatic carbocycles. The number of alkyl halides is 3. The summed E-state index contributed by atoms with van der Waals surface area (Å²) in [7, 11) is 0. The van der Waals surface area contributed by atoms with Gasteiger partial charge in [0.05, 0.1) is 15.7 Å². The van der Waals surface area contributed by atoms with Gasteiger partial charge in [-0.05, 0) is 42.0 Å². The van der Waals surface area contributed by atoms with Gasteiger partial charge in [-0.2, -0.15) is 0 Å². The highest BCUT2D eigenvalue weighted by molar-refractivity contribution is 14.1. The molecule has 0 aliphatic carbocycles. The standard InChI is InChI=1S/C10H9F3INO3/c1-3-17-9(16)6-4-15-8(7(14)5(6)2)18-10(11,12)13/h4H,3H2,1-2H3. The fraction of sp³-hybridized carbons (Fsp3) is 0.400. The van der Waals surface area contributed by atoms with E-state index in [1.54, 1.807) is 29.5 Å². The Hall–Kier alpha value is -1.06. The zero-order valence-electron chi connectivity index (χ0n) is 9.47. The van der Waals surface area contributed by atoms with E-state index in [4.69, 9.17) is 4.74 Å². The van der Waals surface area contributed by atoms with E-state index in [-0.39, 0.29) is 15.7 Å². The van der Waals surface area contributed by atoms with Gasteiger partial charge < -0.3 is 9.47 Å². The predicted octanol–water partition coefficient (Wildman–Crippen LogP) is 3.07. The summed E-state index contributed by atoms with van der Waals surface area (Å²) >= 11 is 1.64. The number of hydrogen-bond donors (Lipinski definition) is 0. The van der Waals surface area contributed by atoms with Crippen molar-refractivity contribution in [1.29, 1.82) is 0 Å². The number of nitrogens with zero attached hydrogens (tertiary/aromatic N) is 1. The minimum Gasteiger partial charge on any atom is -0.462 e. The van der Waals surface area contributed by atoms with E-state index in [2.05, 4.69) is 9.72 Å². The third-order valence-electron chi connectivity index (χ3n) is 1.94. The van der Waals surface area contributed by atoms with E-state index in [1.807, 2.05) is 0 Å². The minimum atomic E-state index is -4.81. The van der Waals surface area contributed by atoms with Crippen molar-refractivity contribution in [2.24, 2.45) is 0 Å². The third-order valence-corrected chi connectivity index (χ3v) is 3.21. The van der Waals surface area contributed by atoms with Crippen molar-refractivity contribution < 1.29 is 27.4 Å². The molecule has 0 N–H and O–H groups in total. The Bertz CT molecular complexity index is 462. The Kier molecular flexibility index (Phi) is 4.77. The number of aromatic nitrogens is 1. The van der Waals surface area contributed by atoms with Crippen LogP contribution in [-0.4, -0.2) is 23.9 Å². The highest BCUT2D eigenvalue weighted by Crippen LogP contribution is 2.29. The predicted molar refractivity (Wildman–Crippen MR) is 64.3 cm³/mol. The summed E-state index contributed by atoms with van der Waals surface area (Å²) < 4.78 is 44.8. The molecular weight excluding hydrogens is 366 g/mol. The summed E-state index contributed by atoms with van der Waals surface area (Å²) in [5.41, 5.74) is 0.457. The normalized spacial score (nSPS) is 11.2. The molecule has 100 valence electrons. The molecule has 0 atom stereocenters. The van der Waals surface area contributed by atoms with E-state index in [1.165, 1.54) is 6.92 Å². The summed E-state index contributed by atoms with van der Waals surface area (Å²) in [4.78, 5) is 15.0. The zero-order chi connectivity index (χ0) is 13.9. The average Bonchev–Trinajstić information content (AvgIpc) is 2.23. The molecule has 0 aliphatic rings. The van der Waals surface area contributed by atoms with Crippen LogP contribution in [0.3, 0.4) is 0 Å². The fourth-order valence-electron chi connectivity index (χ4n) is 1.15. The lowest BCUT2D eigenvalue weighted by Gasteiger charge is -2.12. The lowest BCUT2D eigenvalue weighted by atomic mass is 10.1. The maximum absolute atomic E-state index is 12.1. The molecule has 8 heteroatoms. The average molecular weight is 375 g/mol. The van der Waals surface area contributed by atoms with Crippen molar-refractivity contribution in [3.05, 3.63) is 20.9 Å². The number of rotatable bonds is 3. The molecule has 1 heterocycles. The van der Waals surface area contributed by atoms with Gasteiger partial charge in [0.1, 0.15) is 0 Å². The lowest BCUT2D eigenvalue weighted by Crippen LogP contribution is -2.19. The molecule has 0 fully saturated rings. The van der Waals surface area contributed by atoms with Gasteiger partial charge in [-0.3, -0.25) is 0 Å². The number of hydrogen-bond acceptors (Lipinski definition) is 4. The van der Waals surface area contributed by atoms with Crippen LogP contribution in [0.25, 0.3) is 0 Å². The van der Waals surface area contributed by atoms with Gasteiger partial charge >= 0.3 is 12.3 Å². The van der Waals surface area contributed by atoms with E-state index in [9.17, 15) is 18.0 Å². The number of esters is 1. The van der Waals surface area contributed by atoms with Crippen molar-refractivity contribution in [1.82, 2.24) is 4.98 Å². The van der Waals surface area contributed by atoms with Gasteiger partial charge in [0.15, 0.2) is 0 Å². The van der Waals surface area contributed by atoms with Gasteiger partial charge in [0.25, 0.3) is 0 Å². The second-order valence-electron chi connectivity index (χ2n) is 3.18. The summed E-state index contributed by atoms with van der Waals surface area (Å²) in [6.07, 6.45) is -3.80. The molecule has 0 saturated heterocycles. The molecular formula is C10H9F3INO3. The van der Waals surface area contributed by atoms with Gasteiger partial charge in [0, 0.05) is 6.20 Å². The molecule has 0 spiro atoms. The van der Waals surface area contributed by atoms with Crippen molar-refractivity contribution in [3.63, 3.8) is 0 Å². The topological polar surface area (TPSA) is 48.4 Å². The van der Waals surface area contributed by atoms with E-state index >= 15 is 0 Å². The molecule has 0 radical (unpaired) electrons. The first-order valence-corrected chi connectivity index (χ1v) is 5.92. The molecule has 4 nitrogen and oxygen atoms in total. The molecule has 0 bridgehead atoms. The van der Waals surface area contributed by atoms with Crippen molar-refractivity contribution in [2.45, 2.75) is 20.2 Å². The van der Waals surface area contributed by atoms with Crippen LogP contribution in [-0.2, 0) is 4.74 Å². The first kappa shape index (κ1) is 15.0. The number of carbonyl (C=O) groups excluding carboxylic acids is 1. The minimum absolute atomic E-state index is 0.121. The zero-order valence-corrected chi connectivity index (χ0v) is 11.6. The monoisotopic (exact) mass is 375 g/mol. The second kappa shape index (κ2) is 5.72. The summed E-state index contributed by atoms with van der Waals surface area (Å²) in [6.45, 7) is 3.31. The Labute approximate surface area is 115 Å². The van der Waals surface area contributed by atoms with Crippen molar-refractivity contribution in [3.8, 4) is 5.88 Å². The maximum Gasteiger partial charge on any atom is 0.574 e. The number of halogens is 4. The molecule has 0 amide bonds. The van der Waals surface area contributed by atoms with Crippen LogP contribution in [0.15, 0.2) is 6.20 Å². The van der Waals surface area contributed by atoms with Crippen molar-refractivity contribution in [2.75, 3.05) is 6.61 Å². The third kappa shape index (κ3) is 3.72. The first-order chi connectivity index (χ1) is 8.26. The number of pyridine rings is 1. The first-order valence-electron chi connectivity index (χ1n) is 4.84. The van der Waals surface area contributed by atoms with Crippen LogP contribution in [0.5, 0.6) is 5.88 Å². The Balaban J connectivity index is 3.09. The summed E-state index contributed by atoms with van der Waals surface area (Å²) in [6, 6.07) is 0. The number of carbonyl (C=O) groups is 1. The van der Waals surface area contributed by atoms with Gasteiger partial charge in [-0.25, -0.2) is 9.78 Å². The highest BCUT2D eigenvalue weighted by Gasteiger charge is 2.33. The van der Waals surface area contributed by atoms with Crippen LogP contribution in [0, 0.1) is 10.5 Å². The Morgan fingerprint density at radius 2 is 2.11 bits per heavy atom. The van der Waals surface area contributed by atoms with E-state index in [0.29, 0.717) is 5.56 Å². The fourth-order valence-corrected chi connectivity index (χ4v) is 1.69. The van der Waals surface area contributed by atoms with Crippen LogP contribution < -0.4 is 4.74 Å². The van der Waals surface area contributed by atoms with Crippen LogP contribution in [0.2, 0.25) is 0 Å². The van der Waals surface area contributed by atoms with Gasteiger partial charge in [-0.15, -0.1) is 13.2 Å². The Morgan fingerprint density at radius 1 is 1.50 bits per heavy atom. The largest absolute Gasteiger partial charge is 0.574 e. The van der Waals surface area contributed by atoms with Crippen LogP contribution >= 0.6 is 22.6 Å². The van der Waals surface area contributed by atoms with E-state index < -0.39 is 18.2 Å². The SMILES string of the molecule is CCOC(=O)c1cnc(OC(F)(F)F)c(I)c1C. The second-order valence-corrected chi connectivity index (χ2v) is 4.26. The Morgan fingerprint density at radius 3 is 2.61 bits per heavy atom. The highest BCUT2D eigenvalue weighted by atomic mass is 127. The summed E-state index contributed by atoms with van der Waals surface area (Å²) in [5.74, 6) is -1.20. The molecule has 0 aliphatic heterocycles. The number of ether oxygens (including phenoxy) is 2. The molecule has 1 aromatic rings. The van der Waals surface area contributed by atoms with E-state index in [0.717, 1.165) is 6.20 Å². The van der Waals surface area contributed by atoms with Gasteiger partial charge in [0.2, 0.25) is 5.88 Å². The van der Waals surface area contributed by atoms with Gasteiger partial charge in [-0.1, -0.05) is 0 Å². The molecule has 0 saturated carbocycles. The van der Waals surface area contributed by atoms with Crippen LogP contribution in [0.4, 0.5) is 13.2 Å². The van der Waals surface area contributed by atoms with Crippen molar-refractivity contribution >= 4 is 28.6 Å². The quantitative estimate of drug-likeness (QED) is 0.602. The van der Waals surface area contributed by atoms with Crippen LogP contribution in [0.1, 0.15) is 22.8 Å². The summed E-state index contributed by atoms with van der Waals surface area (Å²) in [5, 5.41) is 0. The molecule has 1 aromatic heterocycles.